The number of nitrogens with zero attached hydrogens (tertiary/aromatic N) is 3. The van der Waals surface area contributed by atoms with Gasteiger partial charge in [-0.15, -0.1) is 0 Å². The van der Waals surface area contributed by atoms with E-state index in [4.69, 9.17) is 11.6 Å². The van der Waals surface area contributed by atoms with Gasteiger partial charge in [-0.25, -0.2) is 4.39 Å². The highest BCUT2D eigenvalue weighted by Crippen LogP contribution is 2.32. The predicted molar refractivity (Wildman–Crippen MR) is 135 cm³/mol. The van der Waals surface area contributed by atoms with Crippen LogP contribution >= 0.6 is 11.6 Å². The van der Waals surface area contributed by atoms with Crippen molar-refractivity contribution in [3.05, 3.63) is 101 Å². The molecule has 2 aliphatic heterocycles. The zero-order chi connectivity index (χ0) is 24.4. The maximum absolute atomic E-state index is 13.5. The number of rotatable bonds is 5. The lowest BCUT2D eigenvalue weighted by molar-refractivity contribution is -0.137. The summed E-state index contributed by atoms with van der Waals surface area (Å²) in [6, 6.07) is 25.2. The second-order valence-electron chi connectivity index (χ2n) is 9.09. The Labute approximate surface area is 209 Å². The Hall–Kier alpha value is -3.22. The number of hydrogen-bond acceptors (Lipinski definition) is 3. The molecule has 2 heterocycles. The molecule has 5 rings (SSSR count). The third-order valence-electron chi connectivity index (χ3n) is 6.91. The molecule has 2 fully saturated rings. The molecule has 3 aromatic carbocycles. The van der Waals surface area contributed by atoms with Gasteiger partial charge in [0, 0.05) is 44.8 Å². The number of carbonyl (C=O) groups excluding carboxylic acids is 2. The van der Waals surface area contributed by atoms with E-state index in [1.165, 1.54) is 34.2 Å². The highest BCUT2D eigenvalue weighted by molar-refractivity contribution is 6.31. The van der Waals surface area contributed by atoms with E-state index in [1.807, 2.05) is 17.0 Å². The third-order valence-corrected chi connectivity index (χ3v) is 7.20. The van der Waals surface area contributed by atoms with Gasteiger partial charge in [0.05, 0.1) is 17.0 Å². The number of piperazine rings is 1. The van der Waals surface area contributed by atoms with E-state index < -0.39 is 11.7 Å². The lowest BCUT2D eigenvalue weighted by Crippen LogP contribution is -2.51. The summed E-state index contributed by atoms with van der Waals surface area (Å²) in [4.78, 5) is 31.8. The number of anilines is 1. The number of hydrogen-bond donors (Lipinski definition) is 0. The van der Waals surface area contributed by atoms with Gasteiger partial charge in [-0.2, -0.15) is 0 Å². The first kappa shape index (κ1) is 23.5. The molecule has 0 N–H and O–H groups in total. The van der Waals surface area contributed by atoms with E-state index in [2.05, 4.69) is 53.4 Å². The Morgan fingerprint density at radius 1 is 0.886 bits per heavy atom. The van der Waals surface area contributed by atoms with E-state index in [9.17, 15) is 14.0 Å². The molecule has 7 heteroatoms. The second kappa shape index (κ2) is 10.2. The van der Waals surface area contributed by atoms with E-state index >= 15 is 0 Å². The standard InChI is InChI=1S/C28H27ClFN3O2/c29-24-18-23(11-12-25(24)30)33-19-22(17-26(33)34)28(35)32-15-13-31(14-16-32)27(20-7-3-1-4-8-20)21-9-5-2-6-10-21/h1-12,18,22,27H,13-17,19H2/t22-/m1/s1. The molecular formula is C28H27ClFN3O2. The van der Waals surface area contributed by atoms with Crippen LogP contribution in [-0.4, -0.2) is 54.3 Å². The van der Waals surface area contributed by atoms with E-state index in [1.54, 1.807) is 0 Å². The third kappa shape index (κ3) is 4.95. The van der Waals surface area contributed by atoms with Crippen LogP contribution in [0.4, 0.5) is 10.1 Å². The number of carbonyl (C=O) groups is 2. The molecule has 2 aliphatic rings. The number of halogens is 2. The van der Waals surface area contributed by atoms with Crippen LogP contribution in [0.15, 0.2) is 78.9 Å². The Kier molecular flexibility index (Phi) is 6.84. The van der Waals surface area contributed by atoms with Crippen LogP contribution in [-0.2, 0) is 9.59 Å². The topological polar surface area (TPSA) is 43.9 Å². The van der Waals surface area contributed by atoms with Gasteiger partial charge in [0.15, 0.2) is 0 Å². The van der Waals surface area contributed by atoms with Crippen molar-refractivity contribution >= 4 is 29.1 Å². The van der Waals surface area contributed by atoms with Crippen LogP contribution in [0.2, 0.25) is 5.02 Å². The predicted octanol–water partition coefficient (Wildman–Crippen LogP) is 4.77. The highest BCUT2D eigenvalue weighted by Gasteiger charge is 2.38. The second-order valence-corrected chi connectivity index (χ2v) is 9.50. The molecule has 2 saturated heterocycles. The molecule has 0 saturated carbocycles. The SMILES string of the molecule is O=C([C@@H]1CC(=O)N(c2ccc(F)c(Cl)c2)C1)N1CCN(C(c2ccccc2)c2ccccc2)CC1. The summed E-state index contributed by atoms with van der Waals surface area (Å²) >= 11 is 5.90. The largest absolute Gasteiger partial charge is 0.340 e. The van der Waals surface area contributed by atoms with Gasteiger partial charge in [-0.05, 0) is 29.3 Å². The minimum atomic E-state index is -0.531. The van der Waals surface area contributed by atoms with Crippen LogP contribution in [0.3, 0.4) is 0 Å². The zero-order valence-corrected chi connectivity index (χ0v) is 20.1. The van der Waals surface area contributed by atoms with Crippen LogP contribution in [0, 0.1) is 11.7 Å². The van der Waals surface area contributed by atoms with Crippen molar-refractivity contribution in [1.82, 2.24) is 9.80 Å². The summed E-state index contributed by atoms with van der Waals surface area (Å²) in [6.07, 6.45) is 0.157. The molecule has 2 amide bonds. The Balaban J connectivity index is 1.25. The Bertz CT molecular complexity index is 1160. The first-order valence-corrected chi connectivity index (χ1v) is 12.3. The average molecular weight is 492 g/mol. The van der Waals surface area contributed by atoms with Crippen molar-refractivity contribution in [2.45, 2.75) is 12.5 Å². The van der Waals surface area contributed by atoms with Crippen LogP contribution in [0.25, 0.3) is 0 Å². The summed E-state index contributed by atoms with van der Waals surface area (Å²) in [5.41, 5.74) is 2.98. The highest BCUT2D eigenvalue weighted by atomic mass is 35.5. The summed E-state index contributed by atoms with van der Waals surface area (Å²) in [5, 5.41) is -0.0346. The molecule has 0 radical (unpaired) electrons. The summed E-state index contributed by atoms with van der Waals surface area (Å²) < 4.78 is 13.5. The molecule has 0 unspecified atom stereocenters. The molecule has 0 aromatic heterocycles. The molecule has 180 valence electrons. The molecule has 1 atom stereocenters. The Morgan fingerprint density at radius 2 is 1.49 bits per heavy atom. The zero-order valence-electron chi connectivity index (χ0n) is 19.3. The molecule has 0 spiro atoms. The van der Waals surface area contributed by atoms with Crippen molar-refractivity contribution in [2.24, 2.45) is 5.92 Å². The lowest BCUT2D eigenvalue weighted by atomic mass is 9.96. The summed E-state index contributed by atoms with van der Waals surface area (Å²) in [5.74, 6) is -1.07. The molecule has 35 heavy (non-hydrogen) atoms. The summed E-state index contributed by atoms with van der Waals surface area (Å²) in [7, 11) is 0. The maximum atomic E-state index is 13.5. The van der Waals surface area contributed by atoms with Gasteiger partial charge in [0.2, 0.25) is 11.8 Å². The first-order valence-electron chi connectivity index (χ1n) is 11.9. The Morgan fingerprint density at radius 3 is 2.06 bits per heavy atom. The van der Waals surface area contributed by atoms with Crippen molar-refractivity contribution in [1.29, 1.82) is 0 Å². The van der Waals surface area contributed by atoms with Gasteiger partial charge in [-0.3, -0.25) is 14.5 Å². The first-order chi connectivity index (χ1) is 17.0. The minimum absolute atomic E-state index is 0.00433. The van der Waals surface area contributed by atoms with Crippen LogP contribution < -0.4 is 4.90 Å². The summed E-state index contributed by atoms with van der Waals surface area (Å²) in [6.45, 7) is 3.01. The number of amides is 2. The van der Waals surface area contributed by atoms with Crippen LogP contribution in [0.1, 0.15) is 23.6 Å². The van der Waals surface area contributed by atoms with E-state index in [-0.39, 0.29) is 35.8 Å². The monoisotopic (exact) mass is 491 g/mol. The normalized spacial score (nSPS) is 18.9. The van der Waals surface area contributed by atoms with Crippen LogP contribution in [0.5, 0.6) is 0 Å². The fraction of sp³-hybridized carbons (Fsp3) is 0.286. The maximum Gasteiger partial charge on any atom is 0.228 e. The van der Waals surface area contributed by atoms with Gasteiger partial charge >= 0.3 is 0 Å². The van der Waals surface area contributed by atoms with Gasteiger partial charge < -0.3 is 9.80 Å². The molecule has 5 nitrogen and oxygen atoms in total. The molecule has 0 bridgehead atoms. The number of benzene rings is 3. The van der Waals surface area contributed by atoms with Crippen molar-refractivity contribution < 1.29 is 14.0 Å². The van der Waals surface area contributed by atoms with E-state index in [0.717, 1.165) is 13.1 Å². The lowest BCUT2D eigenvalue weighted by Gasteiger charge is -2.40. The minimum Gasteiger partial charge on any atom is -0.340 e. The van der Waals surface area contributed by atoms with Gasteiger partial charge in [0.25, 0.3) is 0 Å². The smallest absolute Gasteiger partial charge is 0.228 e. The fourth-order valence-corrected chi connectivity index (χ4v) is 5.29. The van der Waals surface area contributed by atoms with Gasteiger partial charge in [-0.1, -0.05) is 72.3 Å². The van der Waals surface area contributed by atoms with Crippen molar-refractivity contribution in [3.63, 3.8) is 0 Å². The van der Waals surface area contributed by atoms with Crippen molar-refractivity contribution in [2.75, 3.05) is 37.6 Å². The molecule has 0 aliphatic carbocycles. The average Bonchev–Trinajstić information content (AvgIpc) is 3.29. The van der Waals surface area contributed by atoms with Gasteiger partial charge in [0.1, 0.15) is 5.82 Å². The molecular weight excluding hydrogens is 465 g/mol. The quantitative estimate of drug-likeness (QED) is 0.516. The van der Waals surface area contributed by atoms with Crippen molar-refractivity contribution in [3.8, 4) is 0 Å². The fourth-order valence-electron chi connectivity index (χ4n) is 5.12. The molecule has 3 aromatic rings. The van der Waals surface area contributed by atoms with E-state index in [0.29, 0.717) is 18.8 Å².